The Kier molecular flexibility index (Phi) is 24.0. The lowest BCUT2D eigenvalue weighted by Crippen LogP contribution is -2.57. The van der Waals surface area contributed by atoms with E-state index in [1.54, 1.807) is 62.4 Å². The number of carboxylic acids is 1. The van der Waals surface area contributed by atoms with Crippen molar-refractivity contribution in [2.24, 2.45) is 29.4 Å². The van der Waals surface area contributed by atoms with Gasteiger partial charge >= 0.3 is 11.9 Å². The van der Waals surface area contributed by atoms with Gasteiger partial charge in [-0.25, -0.2) is 4.98 Å². The Morgan fingerprint density at radius 3 is 2.03 bits per heavy atom. The van der Waals surface area contributed by atoms with Gasteiger partial charge in [-0.05, 0) is 81.0 Å². The first-order valence-electron chi connectivity index (χ1n) is 22.9. The first-order chi connectivity index (χ1) is 31.0. The number of carbonyl (C=O) groups excluding carboxylic acids is 7. The minimum absolute atomic E-state index is 0.00832. The SMILES string of the molecule is CC[C@H](C)CC(=O)N(C)[C@H](C[C@@H](OC(C)=O)c1nc(C(=O)N[C@@H](Cc2ccc(NC(=O)[C@H](C)NC(=O)[C@@H](NC(=O)[C@H](CCCCN)NC(C)=O)C(C)C)cc2)C[C@H](C)C(=O)O)cs1)C(C)C. The highest BCUT2D eigenvalue weighted by atomic mass is 32.1. The Hall–Kier alpha value is -5.43. The van der Waals surface area contributed by atoms with Gasteiger partial charge in [0.05, 0.1) is 5.92 Å². The van der Waals surface area contributed by atoms with Crippen LogP contribution in [0.1, 0.15) is 141 Å². The van der Waals surface area contributed by atoms with Crippen LogP contribution in [0, 0.1) is 23.7 Å². The fourth-order valence-corrected chi connectivity index (χ4v) is 8.05. The molecule has 0 bridgehead atoms. The number of nitrogens with two attached hydrogens (primary N) is 1. The van der Waals surface area contributed by atoms with Crippen molar-refractivity contribution < 1.29 is 48.2 Å². The summed E-state index contributed by atoms with van der Waals surface area (Å²) in [5.74, 6) is -5.03. The third-order valence-corrected chi connectivity index (χ3v) is 12.3. The van der Waals surface area contributed by atoms with Gasteiger partial charge in [0, 0.05) is 56.9 Å². The van der Waals surface area contributed by atoms with Gasteiger partial charge in [0.2, 0.25) is 29.5 Å². The molecule has 0 aliphatic rings. The minimum Gasteiger partial charge on any atom is -0.481 e. The molecule has 0 saturated heterocycles. The largest absolute Gasteiger partial charge is 0.481 e. The highest BCUT2D eigenvalue weighted by Gasteiger charge is 2.33. The van der Waals surface area contributed by atoms with Crippen LogP contribution in [0.2, 0.25) is 0 Å². The molecule has 0 radical (unpaired) electrons. The number of esters is 1. The van der Waals surface area contributed by atoms with E-state index in [9.17, 15) is 43.5 Å². The molecule has 0 unspecified atom stereocenters. The van der Waals surface area contributed by atoms with Crippen LogP contribution in [-0.4, -0.2) is 106 Å². The maximum Gasteiger partial charge on any atom is 0.306 e. The maximum atomic E-state index is 13.7. The molecule has 8 N–H and O–H groups in total. The number of aromatic nitrogens is 1. The highest BCUT2D eigenvalue weighted by molar-refractivity contribution is 7.09. The summed E-state index contributed by atoms with van der Waals surface area (Å²) in [4.78, 5) is 109. The van der Waals surface area contributed by atoms with E-state index in [0.29, 0.717) is 42.9 Å². The van der Waals surface area contributed by atoms with Crippen LogP contribution in [0.5, 0.6) is 0 Å². The first kappa shape index (κ1) is 56.7. The molecular weight excluding hydrogens is 869 g/mol. The third kappa shape index (κ3) is 19.2. The van der Waals surface area contributed by atoms with Crippen LogP contribution >= 0.6 is 11.3 Å². The van der Waals surface area contributed by atoms with Gasteiger partial charge in [-0.15, -0.1) is 11.3 Å². The maximum absolute atomic E-state index is 13.7. The molecule has 8 atom stereocenters. The number of unbranched alkanes of at least 4 members (excludes halogenated alkanes) is 1. The summed E-state index contributed by atoms with van der Waals surface area (Å²) < 4.78 is 5.71. The van der Waals surface area contributed by atoms with E-state index >= 15 is 0 Å². The number of nitrogens with zero attached hydrogens (tertiary/aromatic N) is 2. The van der Waals surface area contributed by atoms with Crippen LogP contribution in [-0.2, 0) is 44.7 Å². The molecule has 1 heterocycles. The number of hydrogen-bond acceptors (Lipinski definition) is 12. The molecule has 0 aliphatic carbocycles. The number of hydrogen-bond donors (Lipinski definition) is 7. The topological polar surface area (TPSA) is 268 Å². The minimum atomic E-state index is -1.03. The first-order valence-corrected chi connectivity index (χ1v) is 23.7. The van der Waals surface area contributed by atoms with Gasteiger partial charge in [-0.2, -0.15) is 0 Å². The number of nitrogens with one attached hydrogen (secondary N) is 5. The number of aliphatic carboxylic acids is 1. The molecule has 2 rings (SSSR count). The number of carbonyl (C=O) groups is 8. The van der Waals surface area contributed by atoms with Crippen LogP contribution < -0.4 is 32.3 Å². The van der Waals surface area contributed by atoms with E-state index in [1.807, 2.05) is 27.7 Å². The summed E-state index contributed by atoms with van der Waals surface area (Å²) in [5, 5.41) is 25.4. The summed E-state index contributed by atoms with van der Waals surface area (Å²) in [6.07, 6.45) is 2.66. The Morgan fingerprint density at radius 2 is 1.48 bits per heavy atom. The Morgan fingerprint density at radius 1 is 0.833 bits per heavy atom. The molecule has 1 aromatic carbocycles. The van der Waals surface area contributed by atoms with Crippen LogP contribution in [0.25, 0.3) is 0 Å². The molecule has 19 heteroatoms. The Bertz CT molecular complexity index is 1940. The van der Waals surface area contributed by atoms with Crippen molar-refractivity contribution in [3.05, 3.63) is 45.9 Å². The van der Waals surface area contributed by atoms with Crippen LogP contribution in [0.3, 0.4) is 0 Å². The quantitative estimate of drug-likeness (QED) is 0.0451. The van der Waals surface area contributed by atoms with E-state index in [4.69, 9.17) is 10.5 Å². The predicted molar refractivity (Wildman–Crippen MR) is 253 cm³/mol. The van der Waals surface area contributed by atoms with E-state index in [0.717, 1.165) is 23.3 Å². The molecule has 0 fully saturated rings. The lowest BCUT2D eigenvalue weighted by Gasteiger charge is -2.34. The van der Waals surface area contributed by atoms with Crippen molar-refractivity contribution in [3.8, 4) is 0 Å². The van der Waals surface area contributed by atoms with Crippen molar-refractivity contribution in [2.75, 3.05) is 18.9 Å². The standard InChI is InChI=1S/C47H74N8O10S/c1-12-28(6)21-40(58)55(11)38(26(2)3)24-39(65-32(10)57)46-53-37(25-66-46)44(61)52-35(22-29(7)47(63)64)23-33-16-18-34(19-17-33)51-42(59)30(8)49-45(62)41(27(4)5)54-43(60)36(50-31(9)56)15-13-14-20-48/h16-19,25-30,35-36,38-39,41H,12-15,20-24,48H2,1-11H3,(H,49,62)(H,50,56)(H,51,59)(H,52,61)(H,54,60)(H,63,64)/t28-,29-,30-,35+,36-,38+,39+,41-/m0/s1. The summed E-state index contributed by atoms with van der Waals surface area (Å²) >= 11 is 1.15. The second-order valence-electron chi connectivity index (χ2n) is 18.0. The second-order valence-corrected chi connectivity index (χ2v) is 18.9. The molecule has 2 aromatic rings. The van der Waals surface area contributed by atoms with Gasteiger partial charge in [0.1, 0.15) is 28.8 Å². The highest BCUT2D eigenvalue weighted by Crippen LogP contribution is 2.31. The lowest BCUT2D eigenvalue weighted by atomic mass is 9.95. The Labute approximate surface area is 393 Å². The van der Waals surface area contributed by atoms with Crippen LogP contribution in [0.4, 0.5) is 5.69 Å². The number of ether oxygens (including phenoxy) is 1. The average Bonchev–Trinajstić information content (AvgIpc) is 3.74. The fourth-order valence-electron chi connectivity index (χ4n) is 7.21. The van der Waals surface area contributed by atoms with E-state index in [2.05, 4.69) is 31.6 Å². The van der Waals surface area contributed by atoms with E-state index in [-0.39, 0.29) is 60.6 Å². The monoisotopic (exact) mass is 943 g/mol. The van der Waals surface area contributed by atoms with Gasteiger partial charge in [-0.1, -0.05) is 67.0 Å². The Balaban J connectivity index is 2.18. The summed E-state index contributed by atoms with van der Waals surface area (Å²) in [5.41, 5.74) is 6.79. The summed E-state index contributed by atoms with van der Waals surface area (Å²) in [6, 6.07) is 2.99. The number of carboxylic acid groups (broad SMARTS) is 1. The summed E-state index contributed by atoms with van der Waals surface area (Å²) in [7, 11) is 1.75. The molecule has 368 valence electrons. The van der Waals surface area contributed by atoms with E-state index in [1.165, 1.54) is 20.8 Å². The summed E-state index contributed by atoms with van der Waals surface area (Å²) in [6.45, 7) is 17.6. The molecule has 66 heavy (non-hydrogen) atoms. The van der Waals surface area contributed by atoms with Gasteiger partial charge in [-0.3, -0.25) is 38.4 Å². The van der Waals surface area contributed by atoms with Gasteiger partial charge in [0.25, 0.3) is 5.91 Å². The number of rotatable bonds is 28. The fraction of sp³-hybridized carbons (Fsp3) is 0.638. The number of amides is 6. The number of anilines is 1. The number of benzene rings is 1. The smallest absolute Gasteiger partial charge is 0.306 e. The average molecular weight is 943 g/mol. The van der Waals surface area contributed by atoms with Gasteiger partial charge in [0.15, 0.2) is 6.10 Å². The van der Waals surface area contributed by atoms with Crippen molar-refractivity contribution in [2.45, 2.75) is 157 Å². The zero-order chi connectivity index (χ0) is 49.8. The zero-order valence-corrected chi connectivity index (χ0v) is 41.3. The molecule has 0 saturated carbocycles. The molecule has 18 nitrogen and oxygen atoms in total. The second kappa shape index (κ2) is 27.9. The molecule has 0 spiro atoms. The van der Waals surface area contributed by atoms with Crippen LogP contribution in [0.15, 0.2) is 29.6 Å². The zero-order valence-electron chi connectivity index (χ0n) is 40.5. The molecular formula is C47H74N8O10S. The van der Waals surface area contributed by atoms with Crippen molar-refractivity contribution >= 4 is 64.4 Å². The van der Waals surface area contributed by atoms with Crippen molar-refractivity contribution in [1.82, 2.24) is 31.2 Å². The number of thiazole rings is 1. The molecule has 1 aromatic heterocycles. The third-order valence-electron chi connectivity index (χ3n) is 11.4. The van der Waals surface area contributed by atoms with Crippen molar-refractivity contribution in [3.63, 3.8) is 0 Å². The van der Waals surface area contributed by atoms with Crippen molar-refractivity contribution in [1.29, 1.82) is 0 Å². The van der Waals surface area contributed by atoms with Gasteiger partial charge < -0.3 is 47.1 Å². The van der Waals surface area contributed by atoms with E-state index < -0.39 is 71.8 Å². The lowest BCUT2D eigenvalue weighted by molar-refractivity contribution is -0.148. The predicted octanol–water partition coefficient (Wildman–Crippen LogP) is 4.73. The normalized spacial score (nSPS) is 14.9. The molecule has 0 aliphatic heterocycles. The molecule has 6 amide bonds.